The first-order chi connectivity index (χ1) is 6.76. The third kappa shape index (κ3) is 3.12. The fourth-order valence-electron chi connectivity index (χ4n) is 1.10. The molecule has 0 bridgehead atoms. The predicted molar refractivity (Wildman–Crippen MR) is 59.2 cm³/mol. The molecule has 0 saturated carbocycles. The molecule has 1 aromatic carbocycles. The van der Waals surface area contributed by atoms with E-state index in [4.69, 9.17) is 6.42 Å². The average Bonchev–Trinajstić information content (AvgIpc) is 2.26. The van der Waals surface area contributed by atoms with Gasteiger partial charge in [0.05, 0.1) is 6.10 Å². The maximum absolute atomic E-state index is 9.34. The topological polar surface area (TPSA) is 32.3 Å². The van der Waals surface area contributed by atoms with Crippen molar-refractivity contribution in [1.29, 1.82) is 0 Å². The molecule has 1 atom stereocenters. The summed E-state index contributed by atoms with van der Waals surface area (Å²) in [6.45, 7) is 2.51. The van der Waals surface area contributed by atoms with Crippen molar-refractivity contribution in [3.05, 3.63) is 29.8 Å². The molecule has 0 radical (unpaired) electrons. The average molecular weight is 189 g/mol. The second-order valence-electron chi connectivity index (χ2n) is 3.17. The Morgan fingerprint density at radius 1 is 1.57 bits per heavy atom. The Kier molecular flexibility index (Phi) is 4.03. The van der Waals surface area contributed by atoms with Crippen LogP contribution in [0.5, 0.6) is 0 Å². The van der Waals surface area contributed by atoms with Crippen LogP contribution in [-0.2, 0) is 0 Å². The quantitative estimate of drug-likeness (QED) is 0.708. The van der Waals surface area contributed by atoms with E-state index < -0.39 is 0 Å². The maximum Gasteiger partial charge on any atom is 0.0709 e. The van der Waals surface area contributed by atoms with Gasteiger partial charge in [0.15, 0.2) is 0 Å². The van der Waals surface area contributed by atoms with Gasteiger partial charge in [0.1, 0.15) is 0 Å². The van der Waals surface area contributed by atoms with Gasteiger partial charge in [0, 0.05) is 17.8 Å². The zero-order chi connectivity index (χ0) is 10.4. The number of aliphatic hydroxyl groups excluding tert-OH is 1. The Hall–Kier alpha value is -1.46. The number of anilines is 1. The second-order valence-corrected chi connectivity index (χ2v) is 3.17. The number of rotatable bonds is 4. The van der Waals surface area contributed by atoms with Crippen molar-refractivity contribution in [3.63, 3.8) is 0 Å². The molecule has 0 aromatic heterocycles. The van der Waals surface area contributed by atoms with Crippen LogP contribution in [0.4, 0.5) is 5.69 Å². The highest BCUT2D eigenvalue weighted by atomic mass is 16.3. The largest absolute Gasteiger partial charge is 0.391 e. The minimum Gasteiger partial charge on any atom is -0.391 e. The molecule has 2 N–H and O–H groups in total. The molecule has 1 aromatic rings. The molecule has 0 heterocycles. The SMILES string of the molecule is C#Cc1cccc(NCC(O)CC)c1. The van der Waals surface area contributed by atoms with Crippen molar-refractivity contribution >= 4 is 5.69 Å². The van der Waals surface area contributed by atoms with Crippen molar-refractivity contribution in [3.8, 4) is 12.3 Å². The summed E-state index contributed by atoms with van der Waals surface area (Å²) in [5.74, 6) is 2.57. The standard InChI is InChI=1S/C12H15NO/c1-3-10-6-5-7-11(8-10)13-9-12(14)4-2/h1,5-8,12-14H,4,9H2,2H3. The van der Waals surface area contributed by atoms with Crippen LogP contribution in [0, 0.1) is 12.3 Å². The van der Waals surface area contributed by atoms with E-state index >= 15 is 0 Å². The van der Waals surface area contributed by atoms with Gasteiger partial charge in [-0.15, -0.1) is 6.42 Å². The molecular weight excluding hydrogens is 174 g/mol. The van der Waals surface area contributed by atoms with Gasteiger partial charge in [0.25, 0.3) is 0 Å². The summed E-state index contributed by atoms with van der Waals surface area (Å²) >= 11 is 0. The fourth-order valence-corrected chi connectivity index (χ4v) is 1.10. The lowest BCUT2D eigenvalue weighted by Gasteiger charge is -2.10. The van der Waals surface area contributed by atoms with Crippen LogP contribution in [0.3, 0.4) is 0 Å². The van der Waals surface area contributed by atoms with E-state index in [1.807, 2.05) is 31.2 Å². The lowest BCUT2D eigenvalue weighted by atomic mass is 10.2. The number of hydrogen-bond acceptors (Lipinski definition) is 2. The number of terminal acetylenes is 1. The van der Waals surface area contributed by atoms with Gasteiger partial charge in [-0.25, -0.2) is 0 Å². The summed E-state index contributed by atoms with van der Waals surface area (Å²) in [6, 6.07) is 7.60. The first kappa shape index (κ1) is 10.6. The summed E-state index contributed by atoms with van der Waals surface area (Å²) in [4.78, 5) is 0. The van der Waals surface area contributed by atoms with Gasteiger partial charge in [-0.2, -0.15) is 0 Å². The van der Waals surface area contributed by atoms with E-state index in [1.54, 1.807) is 0 Å². The van der Waals surface area contributed by atoms with Gasteiger partial charge in [-0.3, -0.25) is 0 Å². The highest BCUT2D eigenvalue weighted by molar-refractivity contribution is 5.49. The Labute approximate surface area is 85.0 Å². The molecule has 74 valence electrons. The molecule has 0 fully saturated rings. The summed E-state index contributed by atoms with van der Waals surface area (Å²) in [7, 11) is 0. The summed E-state index contributed by atoms with van der Waals surface area (Å²) in [5, 5.41) is 12.5. The normalized spacial score (nSPS) is 11.8. The summed E-state index contributed by atoms with van der Waals surface area (Å²) < 4.78 is 0. The summed E-state index contributed by atoms with van der Waals surface area (Å²) in [5.41, 5.74) is 1.80. The van der Waals surface area contributed by atoms with Crippen LogP contribution < -0.4 is 5.32 Å². The zero-order valence-electron chi connectivity index (χ0n) is 8.33. The third-order valence-electron chi connectivity index (χ3n) is 2.04. The van der Waals surface area contributed by atoms with Crippen LogP contribution >= 0.6 is 0 Å². The lowest BCUT2D eigenvalue weighted by Crippen LogP contribution is -2.18. The van der Waals surface area contributed by atoms with Gasteiger partial charge in [0.2, 0.25) is 0 Å². The predicted octanol–water partition coefficient (Wildman–Crippen LogP) is 1.85. The highest BCUT2D eigenvalue weighted by Crippen LogP contribution is 2.09. The molecular formula is C12H15NO. The molecule has 0 aliphatic carbocycles. The van der Waals surface area contributed by atoms with Gasteiger partial charge >= 0.3 is 0 Å². The smallest absolute Gasteiger partial charge is 0.0709 e. The number of benzene rings is 1. The minimum absolute atomic E-state index is 0.301. The number of hydrogen-bond donors (Lipinski definition) is 2. The molecule has 0 saturated heterocycles. The first-order valence-electron chi connectivity index (χ1n) is 4.75. The number of aliphatic hydroxyl groups is 1. The molecule has 1 rings (SSSR count). The molecule has 0 aliphatic rings. The van der Waals surface area contributed by atoms with Crippen LogP contribution in [0.2, 0.25) is 0 Å². The molecule has 0 amide bonds. The monoisotopic (exact) mass is 189 g/mol. The highest BCUT2D eigenvalue weighted by Gasteiger charge is 1.99. The summed E-state index contributed by atoms with van der Waals surface area (Å²) in [6.07, 6.45) is 5.72. The number of nitrogens with one attached hydrogen (secondary N) is 1. The molecule has 2 nitrogen and oxygen atoms in total. The van der Waals surface area contributed by atoms with E-state index in [9.17, 15) is 5.11 Å². The molecule has 2 heteroatoms. The van der Waals surface area contributed by atoms with Crippen molar-refractivity contribution in [2.75, 3.05) is 11.9 Å². The second kappa shape index (κ2) is 5.31. The van der Waals surface area contributed by atoms with E-state index in [0.29, 0.717) is 6.54 Å². The van der Waals surface area contributed by atoms with Gasteiger partial charge in [-0.1, -0.05) is 18.9 Å². The Morgan fingerprint density at radius 3 is 3.00 bits per heavy atom. The fraction of sp³-hybridized carbons (Fsp3) is 0.333. The van der Waals surface area contributed by atoms with Crippen LogP contribution in [0.1, 0.15) is 18.9 Å². The van der Waals surface area contributed by atoms with E-state index in [-0.39, 0.29) is 6.10 Å². The Balaban J connectivity index is 2.55. The van der Waals surface area contributed by atoms with Crippen molar-refractivity contribution < 1.29 is 5.11 Å². The van der Waals surface area contributed by atoms with Crippen molar-refractivity contribution in [1.82, 2.24) is 0 Å². The van der Waals surface area contributed by atoms with E-state index in [0.717, 1.165) is 17.7 Å². The lowest BCUT2D eigenvalue weighted by molar-refractivity contribution is 0.183. The molecule has 0 aliphatic heterocycles. The van der Waals surface area contributed by atoms with Gasteiger partial charge in [-0.05, 0) is 24.6 Å². The molecule has 0 spiro atoms. The van der Waals surface area contributed by atoms with Crippen LogP contribution in [-0.4, -0.2) is 17.8 Å². The Bertz CT molecular complexity index is 327. The van der Waals surface area contributed by atoms with Crippen molar-refractivity contribution in [2.24, 2.45) is 0 Å². The third-order valence-corrected chi connectivity index (χ3v) is 2.04. The van der Waals surface area contributed by atoms with Gasteiger partial charge < -0.3 is 10.4 Å². The Morgan fingerprint density at radius 2 is 2.36 bits per heavy atom. The minimum atomic E-state index is -0.301. The maximum atomic E-state index is 9.34. The molecule has 1 unspecified atom stereocenters. The van der Waals surface area contributed by atoms with E-state index in [2.05, 4.69) is 11.2 Å². The van der Waals surface area contributed by atoms with Crippen LogP contribution in [0.25, 0.3) is 0 Å². The first-order valence-corrected chi connectivity index (χ1v) is 4.75. The molecule has 14 heavy (non-hydrogen) atoms. The zero-order valence-corrected chi connectivity index (χ0v) is 8.33. The van der Waals surface area contributed by atoms with E-state index in [1.165, 1.54) is 0 Å². The van der Waals surface area contributed by atoms with Crippen LogP contribution in [0.15, 0.2) is 24.3 Å². The van der Waals surface area contributed by atoms with Crippen molar-refractivity contribution in [2.45, 2.75) is 19.4 Å².